The molecule has 0 aliphatic carbocycles. The average molecular weight is 386 g/mol. The standard InChI is InChI=1S/C21H21ClN2OS/c1-15(17-10-5-6-11-18(17)22)24-20(25)14-23-21(19-12-7-13-26-19)16-8-3-2-4-9-16/h2-13,15,21,23H,14H2,1H3,(H,24,25)/p+1/t15-,21+/m0/s1. The minimum absolute atomic E-state index is 0.00472. The molecule has 1 amide bonds. The van der Waals surface area contributed by atoms with Gasteiger partial charge < -0.3 is 10.6 Å². The van der Waals surface area contributed by atoms with Gasteiger partial charge in [-0.2, -0.15) is 0 Å². The van der Waals surface area contributed by atoms with Crippen LogP contribution in [0.2, 0.25) is 5.02 Å². The van der Waals surface area contributed by atoms with Crippen LogP contribution in [0.4, 0.5) is 0 Å². The summed E-state index contributed by atoms with van der Waals surface area (Å²) in [5, 5.41) is 7.86. The van der Waals surface area contributed by atoms with Gasteiger partial charge >= 0.3 is 0 Å². The number of nitrogens with one attached hydrogen (secondary N) is 1. The van der Waals surface area contributed by atoms with Gasteiger partial charge in [0.1, 0.15) is 6.04 Å². The summed E-state index contributed by atoms with van der Waals surface area (Å²) < 4.78 is 0. The topological polar surface area (TPSA) is 45.7 Å². The van der Waals surface area contributed by atoms with Crippen molar-refractivity contribution in [2.75, 3.05) is 6.54 Å². The molecule has 0 saturated heterocycles. The van der Waals surface area contributed by atoms with Crippen LogP contribution in [0.3, 0.4) is 0 Å². The molecule has 1 heterocycles. The number of carbonyl (C=O) groups is 1. The number of halogens is 1. The smallest absolute Gasteiger partial charge is 0.275 e. The molecule has 0 fully saturated rings. The van der Waals surface area contributed by atoms with Crippen LogP contribution >= 0.6 is 22.9 Å². The highest BCUT2D eigenvalue weighted by Crippen LogP contribution is 2.23. The molecule has 134 valence electrons. The number of nitrogens with two attached hydrogens (primary N) is 1. The van der Waals surface area contributed by atoms with Crippen LogP contribution in [0.25, 0.3) is 0 Å². The number of quaternary nitrogens is 1. The lowest BCUT2D eigenvalue weighted by Gasteiger charge is -2.17. The van der Waals surface area contributed by atoms with E-state index in [2.05, 4.69) is 34.2 Å². The van der Waals surface area contributed by atoms with Gasteiger partial charge in [0.15, 0.2) is 6.54 Å². The van der Waals surface area contributed by atoms with Crippen molar-refractivity contribution in [3.63, 3.8) is 0 Å². The highest BCUT2D eigenvalue weighted by molar-refractivity contribution is 7.10. The fourth-order valence-electron chi connectivity index (χ4n) is 2.97. The number of thiophene rings is 1. The van der Waals surface area contributed by atoms with Crippen molar-refractivity contribution in [1.29, 1.82) is 0 Å². The summed E-state index contributed by atoms with van der Waals surface area (Å²) in [7, 11) is 0. The summed E-state index contributed by atoms with van der Waals surface area (Å²) in [6, 6.07) is 22.0. The summed E-state index contributed by atoms with van der Waals surface area (Å²) in [5.74, 6) is -0.00472. The van der Waals surface area contributed by atoms with Crippen molar-refractivity contribution in [2.45, 2.75) is 19.0 Å². The molecule has 0 aliphatic heterocycles. The van der Waals surface area contributed by atoms with E-state index in [4.69, 9.17) is 11.6 Å². The van der Waals surface area contributed by atoms with E-state index in [9.17, 15) is 4.79 Å². The monoisotopic (exact) mass is 385 g/mol. The largest absolute Gasteiger partial charge is 0.345 e. The first-order chi connectivity index (χ1) is 12.6. The van der Waals surface area contributed by atoms with Gasteiger partial charge in [-0.25, -0.2) is 0 Å². The third kappa shape index (κ3) is 4.73. The number of benzene rings is 2. The normalized spacial score (nSPS) is 13.2. The molecule has 1 aromatic heterocycles. The maximum absolute atomic E-state index is 12.5. The fraction of sp³-hybridized carbons (Fsp3) is 0.190. The van der Waals surface area contributed by atoms with E-state index in [-0.39, 0.29) is 18.0 Å². The van der Waals surface area contributed by atoms with E-state index < -0.39 is 0 Å². The molecule has 0 unspecified atom stereocenters. The third-order valence-corrected chi connectivity index (χ3v) is 5.60. The lowest BCUT2D eigenvalue weighted by atomic mass is 10.1. The Bertz CT molecular complexity index is 836. The number of carbonyl (C=O) groups excluding carboxylic acids is 1. The van der Waals surface area contributed by atoms with Crippen molar-refractivity contribution < 1.29 is 10.1 Å². The number of hydrogen-bond donors (Lipinski definition) is 2. The van der Waals surface area contributed by atoms with Crippen LogP contribution < -0.4 is 10.6 Å². The van der Waals surface area contributed by atoms with E-state index in [0.29, 0.717) is 11.6 Å². The molecule has 26 heavy (non-hydrogen) atoms. The van der Waals surface area contributed by atoms with Gasteiger partial charge in [0.2, 0.25) is 0 Å². The van der Waals surface area contributed by atoms with E-state index >= 15 is 0 Å². The van der Waals surface area contributed by atoms with Crippen molar-refractivity contribution in [3.05, 3.63) is 93.1 Å². The van der Waals surface area contributed by atoms with Crippen LogP contribution in [0, 0.1) is 0 Å². The van der Waals surface area contributed by atoms with Crippen LogP contribution in [0.5, 0.6) is 0 Å². The zero-order valence-corrected chi connectivity index (χ0v) is 16.1. The number of amides is 1. The van der Waals surface area contributed by atoms with Crippen molar-refractivity contribution in [2.24, 2.45) is 0 Å². The fourth-order valence-corrected chi connectivity index (χ4v) is 4.12. The second-order valence-electron chi connectivity index (χ2n) is 6.15. The van der Waals surface area contributed by atoms with Crippen LogP contribution in [0.1, 0.15) is 35.0 Å². The van der Waals surface area contributed by atoms with Crippen molar-refractivity contribution in [1.82, 2.24) is 5.32 Å². The molecule has 0 bridgehead atoms. The first-order valence-corrected chi connectivity index (χ1v) is 9.86. The zero-order valence-electron chi connectivity index (χ0n) is 14.6. The second kappa shape index (κ2) is 8.99. The molecule has 2 aromatic carbocycles. The van der Waals surface area contributed by atoms with Gasteiger partial charge in [-0.15, -0.1) is 11.3 Å². The molecule has 0 aliphatic rings. The van der Waals surface area contributed by atoms with Gasteiger partial charge in [-0.3, -0.25) is 4.79 Å². The predicted molar refractivity (Wildman–Crippen MR) is 107 cm³/mol. The molecule has 3 nitrogen and oxygen atoms in total. The molecule has 0 radical (unpaired) electrons. The minimum Gasteiger partial charge on any atom is -0.345 e. The van der Waals surface area contributed by atoms with Crippen molar-refractivity contribution >= 4 is 28.8 Å². The van der Waals surface area contributed by atoms with E-state index in [1.165, 1.54) is 10.4 Å². The minimum atomic E-state index is -0.124. The molecular weight excluding hydrogens is 364 g/mol. The highest BCUT2D eigenvalue weighted by Gasteiger charge is 2.20. The summed E-state index contributed by atoms with van der Waals surface area (Å²) in [4.78, 5) is 13.7. The van der Waals surface area contributed by atoms with E-state index in [1.54, 1.807) is 11.3 Å². The molecule has 3 rings (SSSR count). The maximum atomic E-state index is 12.5. The number of rotatable bonds is 7. The Kier molecular flexibility index (Phi) is 6.45. The lowest BCUT2D eigenvalue weighted by molar-refractivity contribution is -0.676. The summed E-state index contributed by atoms with van der Waals surface area (Å²) >= 11 is 7.93. The Balaban J connectivity index is 1.64. The Labute approximate surface area is 163 Å². The Morgan fingerprint density at radius 1 is 1.08 bits per heavy atom. The zero-order chi connectivity index (χ0) is 18.4. The molecular formula is C21H22ClN2OS+. The molecule has 0 spiro atoms. The SMILES string of the molecule is C[C@H](NC(=O)C[NH2+][C@H](c1ccccc1)c1cccs1)c1ccccc1Cl. The number of hydrogen-bond acceptors (Lipinski definition) is 2. The predicted octanol–water partition coefficient (Wildman–Crippen LogP) is 3.93. The first kappa shape index (κ1) is 18.6. The summed E-state index contributed by atoms with van der Waals surface area (Å²) in [6.07, 6.45) is 0. The van der Waals surface area contributed by atoms with Crippen LogP contribution in [-0.2, 0) is 4.79 Å². The molecule has 0 saturated carbocycles. The van der Waals surface area contributed by atoms with Crippen LogP contribution in [0.15, 0.2) is 72.1 Å². The molecule has 2 atom stereocenters. The van der Waals surface area contributed by atoms with Crippen LogP contribution in [-0.4, -0.2) is 12.5 Å². The van der Waals surface area contributed by atoms with Gasteiger partial charge in [0.05, 0.1) is 10.9 Å². The van der Waals surface area contributed by atoms with Gasteiger partial charge in [0.25, 0.3) is 5.91 Å². The molecule has 3 N–H and O–H groups in total. The summed E-state index contributed by atoms with van der Waals surface area (Å²) in [6.45, 7) is 2.30. The Morgan fingerprint density at radius 3 is 2.50 bits per heavy atom. The first-order valence-electron chi connectivity index (χ1n) is 8.60. The average Bonchev–Trinajstić information content (AvgIpc) is 3.17. The molecule has 5 heteroatoms. The highest BCUT2D eigenvalue weighted by atomic mass is 35.5. The second-order valence-corrected chi connectivity index (χ2v) is 7.54. The molecule has 3 aromatic rings. The van der Waals surface area contributed by atoms with E-state index in [1.807, 2.05) is 55.5 Å². The quantitative estimate of drug-likeness (QED) is 0.636. The Morgan fingerprint density at radius 2 is 1.81 bits per heavy atom. The lowest BCUT2D eigenvalue weighted by Crippen LogP contribution is -2.87. The summed E-state index contributed by atoms with van der Waals surface area (Å²) in [5.41, 5.74) is 2.13. The van der Waals surface area contributed by atoms with Crippen molar-refractivity contribution in [3.8, 4) is 0 Å². The third-order valence-electron chi connectivity index (χ3n) is 4.30. The van der Waals surface area contributed by atoms with Gasteiger partial charge in [0, 0.05) is 10.6 Å². The maximum Gasteiger partial charge on any atom is 0.275 e. The van der Waals surface area contributed by atoms with Gasteiger partial charge in [-0.05, 0) is 30.0 Å². The Hall–Kier alpha value is -2.14. The van der Waals surface area contributed by atoms with E-state index in [0.717, 1.165) is 5.56 Å². The van der Waals surface area contributed by atoms with Gasteiger partial charge in [-0.1, -0.05) is 66.2 Å².